The largest absolute Gasteiger partial charge is 0.293 e. The van der Waals surface area contributed by atoms with E-state index < -0.39 is 0 Å². The summed E-state index contributed by atoms with van der Waals surface area (Å²) in [4.78, 5) is 26.4. The van der Waals surface area contributed by atoms with E-state index in [0.29, 0.717) is 34.3 Å². The zero-order valence-corrected chi connectivity index (χ0v) is 30.3. The van der Waals surface area contributed by atoms with Crippen LogP contribution in [0.15, 0.2) is 206 Å². The summed E-state index contributed by atoms with van der Waals surface area (Å²) >= 11 is 0. The van der Waals surface area contributed by atoms with Crippen LogP contribution in [0.25, 0.3) is 55.4 Å². The molecule has 8 aromatic carbocycles. The van der Waals surface area contributed by atoms with Gasteiger partial charge in [0, 0.05) is 33.9 Å². The Balaban J connectivity index is 1.39. The van der Waals surface area contributed by atoms with Gasteiger partial charge < -0.3 is 0 Å². The highest BCUT2D eigenvalue weighted by atomic mass is 15.3. The Kier molecular flexibility index (Phi) is 8.39. The van der Waals surface area contributed by atoms with Crippen LogP contribution in [0.1, 0.15) is 0 Å². The minimum absolute atomic E-state index is 0.574. The van der Waals surface area contributed by atoms with Crippen molar-refractivity contribution in [3.05, 3.63) is 206 Å². The van der Waals surface area contributed by atoms with Gasteiger partial charge in [-0.25, -0.2) is 19.9 Å². The molecule has 6 heteroatoms. The molecule has 0 aliphatic carbocycles. The second kappa shape index (κ2) is 14.3. The van der Waals surface area contributed by atoms with Gasteiger partial charge in [0.15, 0.2) is 23.3 Å². The molecule has 0 radical (unpaired) electrons. The molecule has 0 aliphatic heterocycles. The summed E-state index contributed by atoms with van der Waals surface area (Å²) in [6, 6.07) is 70.7. The minimum Gasteiger partial charge on any atom is -0.293 e. The molecule has 2 aromatic heterocycles. The average molecular weight is 719 g/mol. The topological polar surface area (TPSA) is 58.0 Å². The highest BCUT2D eigenvalue weighted by molar-refractivity contribution is 6.04. The predicted octanol–water partition coefficient (Wildman–Crippen LogP) is 13.0. The van der Waals surface area contributed by atoms with Crippen molar-refractivity contribution < 1.29 is 0 Å². The average Bonchev–Trinajstić information content (AvgIpc) is 3.27. The van der Waals surface area contributed by atoms with Crippen LogP contribution >= 0.6 is 0 Å². The van der Waals surface area contributed by atoms with Crippen LogP contribution in [0.5, 0.6) is 0 Å². The second-order valence-electron chi connectivity index (χ2n) is 13.5. The summed E-state index contributed by atoms with van der Waals surface area (Å²) in [5.74, 6) is 2.43. The van der Waals surface area contributed by atoms with Crippen LogP contribution in [0.3, 0.4) is 0 Å². The Labute approximate surface area is 324 Å². The van der Waals surface area contributed by atoms with E-state index in [4.69, 9.17) is 19.9 Å². The Morgan fingerprint density at radius 3 is 0.929 bits per heavy atom. The standard InChI is InChI=1S/C50H34N6/c1-5-23-37(24-6-1)55(38-25-7-2-8-26-38)49-45-46(52-47(53-49)43-33-17-21-35-19-13-15-31-41(35)43)50(56(39-27-9-3-10-28-39)40-29-11-4-12-30-40)54-48(51-45)44-34-18-22-36-20-14-16-32-42(36)44/h1-34H. The third-order valence-corrected chi connectivity index (χ3v) is 10.0. The molecule has 0 aliphatic rings. The van der Waals surface area contributed by atoms with Crippen LogP contribution in [0.4, 0.5) is 34.4 Å². The molecule has 0 bridgehead atoms. The van der Waals surface area contributed by atoms with Crippen LogP contribution in [-0.2, 0) is 0 Å². The number of nitrogens with zero attached hydrogens (tertiary/aromatic N) is 6. The lowest BCUT2D eigenvalue weighted by Crippen LogP contribution is -2.17. The number of para-hydroxylation sites is 4. The van der Waals surface area contributed by atoms with E-state index >= 15 is 0 Å². The Morgan fingerprint density at radius 2 is 0.571 bits per heavy atom. The first kappa shape index (κ1) is 32.9. The van der Waals surface area contributed by atoms with Crippen LogP contribution in [0.2, 0.25) is 0 Å². The van der Waals surface area contributed by atoms with E-state index in [1.165, 1.54) is 0 Å². The van der Waals surface area contributed by atoms with Gasteiger partial charge in [-0.1, -0.05) is 158 Å². The highest BCUT2D eigenvalue weighted by Crippen LogP contribution is 2.44. The molecule has 6 nitrogen and oxygen atoms in total. The molecule has 0 saturated heterocycles. The summed E-state index contributed by atoms with van der Waals surface area (Å²) in [7, 11) is 0. The number of fused-ring (bicyclic) bond motifs is 3. The third-order valence-electron chi connectivity index (χ3n) is 10.0. The molecule has 0 spiro atoms. The van der Waals surface area contributed by atoms with Gasteiger partial charge in [0.25, 0.3) is 0 Å². The van der Waals surface area contributed by atoms with Gasteiger partial charge >= 0.3 is 0 Å². The van der Waals surface area contributed by atoms with Gasteiger partial charge in [-0.3, -0.25) is 9.80 Å². The molecule has 0 amide bonds. The molecule has 0 atom stereocenters. The van der Waals surface area contributed by atoms with Gasteiger partial charge in [0.05, 0.1) is 0 Å². The van der Waals surface area contributed by atoms with Crippen molar-refractivity contribution in [2.75, 3.05) is 9.80 Å². The summed E-state index contributed by atoms with van der Waals surface area (Å²) in [6.45, 7) is 0. The lowest BCUT2D eigenvalue weighted by molar-refractivity contribution is 1.10. The van der Waals surface area contributed by atoms with Crippen molar-refractivity contribution >= 4 is 67.0 Å². The van der Waals surface area contributed by atoms with Gasteiger partial charge in [0.1, 0.15) is 11.0 Å². The second-order valence-corrected chi connectivity index (χ2v) is 13.5. The number of anilines is 6. The molecule has 10 aromatic rings. The van der Waals surface area contributed by atoms with Crippen molar-refractivity contribution in [2.45, 2.75) is 0 Å². The minimum atomic E-state index is 0.574. The Morgan fingerprint density at radius 1 is 0.268 bits per heavy atom. The van der Waals surface area contributed by atoms with Crippen molar-refractivity contribution in [3.63, 3.8) is 0 Å². The Hall–Kier alpha value is -7.70. The van der Waals surface area contributed by atoms with E-state index in [2.05, 4.69) is 192 Å². The molecule has 0 saturated carbocycles. The quantitative estimate of drug-likeness (QED) is 0.156. The SMILES string of the molecule is c1ccc(N(c2ccccc2)c2nc(-c3cccc4ccccc34)nc3c(N(c4ccccc4)c4ccccc4)nc(-c4cccc5ccccc45)nc23)cc1. The zero-order valence-electron chi connectivity index (χ0n) is 30.3. The molecule has 10 rings (SSSR count). The number of hydrogen-bond donors (Lipinski definition) is 0. The van der Waals surface area contributed by atoms with Crippen LogP contribution in [-0.4, -0.2) is 19.9 Å². The highest BCUT2D eigenvalue weighted by Gasteiger charge is 2.27. The van der Waals surface area contributed by atoms with E-state index in [9.17, 15) is 0 Å². The normalized spacial score (nSPS) is 11.2. The maximum atomic E-state index is 5.52. The fourth-order valence-electron chi connectivity index (χ4n) is 7.48. The number of benzene rings is 8. The molecular formula is C50H34N6. The van der Waals surface area contributed by atoms with Gasteiger partial charge in [-0.15, -0.1) is 0 Å². The summed E-state index contributed by atoms with van der Waals surface area (Å²) < 4.78 is 0. The first-order chi connectivity index (χ1) is 27.8. The molecule has 56 heavy (non-hydrogen) atoms. The maximum Gasteiger partial charge on any atom is 0.168 e. The van der Waals surface area contributed by atoms with Gasteiger partial charge in [-0.2, -0.15) is 0 Å². The Bertz CT molecular complexity index is 2680. The smallest absolute Gasteiger partial charge is 0.168 e. The molecular weight excluding hydrogens is 685 g/mol. The van der Waals surface area contributed by atoms with E-state index in [-0.39, 0.29) is 0 Å². The first-order valence-electron chi connectivity index (χ1n) is 18.7. The summed E-state index contributed by atoms with van der Waals surface area (Å²) in [5.41, 5.74) is 6.84. The first-order valence-corrected chi connectivity index (χ1v) is 18.7. The fraction of sp³-hybridized carbons (Fsp3) is 0. The summed E-state index contributed by atoms with van der Waals surface area (Å²) in [6.07, 6.45) is 0. The molecule has 0 fully saturated rings. The van der Waals surface area contributed by atoms with Crippen molar-refractivity contribution in [2.24, 2.45) is 0 Å². The number of aromatic nitrogens is 4. The van der Waals surface area contributed by atoms with Crippen molar-refractivity contribution in [1.29, 1.82) is 0 Å². The fourth-order valence-corrected chi connectivity index (χ4v) is 7.48. The molecule has 0 N–H and O–H groups in total. The van der Waals surface area contributed by atoms with E-state index in [1.54, 1.807) is 0 Å². The number of hydrogen-bond acceptors (Lipinski definition) is 6. The van der Waals surface area contributed by atoms with E-state index in [1.807, 2.05) is 24.3 Å². The van der Waals surface area contributed by atoms with Gasteiger partial charge in [0.2, 0.25) is 0 Å². The van der Waals surface area contributed by atoms with E-state index in [0.717, 1.165) is 55.4 Å². The molecule has 0 unspecified atom stereocenters. The monoisotopic (exact) mass is 718 g/mol. The molecule has 2 heterocycles. The maximum absolute atomic E-state index is 5.52. The van der Waals surface area contributed by atoms with Crippen LogP contribution < -0.4 is 9.80 Å². The third kappa shape index (κ3) is 5.96. The zero-order chi connectivity index (χ0) is 37.3. The lowest BCUT2D eigenvalue weighted by Gasteiger charge is -2.28. The molecule has 264 valence electrons. The number of rotatable bonds is 8. The van der Waals surface area contributed by atoms with Gasteiger partial charge in [-0.05, 0) is 70.1 Å². The lowest BCUT2D eigenvalue weighted by atomic mass is 10.0. The van der Waals surface area contributed by atoms with Crippen molar-refractivity contribution in [1.82, 2.24) is 19.9 Å². The van der Waals surface area contributed by atoms with Crippen LogP contribution in [0, 0.1) is 0 Å². The summed E-state index contributed by atoms with van der Waals surface area (Å²) in [5, 5.41) is 4.33. The van der Waals surface area contributed by atoms with Crippen molar-refractivity contribution in [3.8, 4) is 22.8 Å². The predicted molar refractivity (Wildman–Crippen MR) is 230 cm³/mol.